The van der Waals surface area contributed by atoms with Crippen LogP contribution in [0.1, 0.15) is 0 Å². The van der Waals surface area contributed by atoms with E-state index in [9.17, 15) is 19.2 Å². The topological polar surface area (TPSA) is 74.8 Å². The lowest BCUT2D eigenvalue weighted by atomic mass is 9.40. The van der Waals surface area contributed by atoms with Gasteiger partial charge < -0.3 is 0 Å². The third kappa shape index (κ3) is 2.45. The van der Waals surface area contributed by atoms with Gasteiger partial charge in [-0.3, -0.25) is 29.0 Å². The van der Waals surface area contributed by atoms with Gasteiger partial charge in [-0.1, -0.05) is 44.0 Å². The zero-order chi connectivity index (χ0) is 23.5. The zero-order valence-electron chi connectivity index (χ0n) is 17.7. The maximum absolute atomic E-state index is 13.6. The van der Waals surface area contributed by atoms with Crippen LogP contribution < -0.4 is 9.80 Å². The summed E-state index contributed by atoms with van der Waals surface area (Å²) in [4.78, 5) is 56.6. The van der Waals surface area contributed by atoms with Crippen LogP contribution in [0.25, 0.3) is 0 Å². The Kier molecular flexibility index (Phi) is 4.26. The van der Waals surface area contributed by atoms with E-state index < -0.39 is 23.7 Å². The molecule has 0 spiro atoms. The summed E-state index contributed by atoms with van der Waals surface area (Å²) >= 11 is 6.79. The summed E-state index contributed by atoms with van der Waals surface area (Å²) in [6.07, 6.45) is 4.05. The predicted octanol–water partition coefficient (Wildman–Crippen LogP) is 4.18. The first kappa shape index (κ1) is 20.8. The third-order valence-electron chi connectivity index (χ3n) is 8.51. The minimum Gasteiger partial charge on any atom is -0.274 e. The number of carbonyl (C=O) groups excluding carboxylic acids is 4. The fourth-order valence-electron chi connectivity index (χ4n) is 7.29. The highest BCUT2D eigenvalue weighted by atomic mass is 79.9. The molecule has 0 radical (unpaired) electrons. The predicted molar refractivity (Wildman–Crippen MR) is 130 cm³/mol. The molecule has 2 heterocycles. The molecule has 0 aromatic heterocycles. The Bertz CT molecular complexity index is 1270. The largest absolute Gasteiger partial charge is 0.274 e. The lowest BCUT2D eigenvalue weighted by Crippen LogP contribution is -2.63. The Morgan fingerprint density at radius 1 is 0.500 bits per heavy atom. The molecule has 170 valence electrons. The monoisotopic (exact) mass is 580 g/mol. The molecule has 34 heavy (non-hydrogen) atoms. The molecule has 2 bridgehead atoms. The average molecular weight is 582 g/mol. The second-order valence-electron chi connectivity index (χ2n) is 9.77. The summed E-state index contributed by atoms with van der Waals surface area (Å²) in [5.74, 6) is -3.14. The van der Waals surface area contributed by atoms with Crippen molar-refractivity contribution >= 4 is 66.9 Å². The lowest BCUT2D eigenvalue weighted by Gasteiger charge is -2.60. The second kappa shape index (κ2) is 6.98. The normalized spacial score (nSPS) is 37.1. The smallest absolute Gasteiger partial charge is 0.238 e. The van der Waals surface area contributed by atoms with Gasteiger partial charge in [0.1, 0.15) is 0 Å². The number of imide groups is 2. The van der Waals surface area contributed by atoms with Crippen LogP contribution in [0.3, 0.4) is 0 Å². The molecule has 6 nitrogen and oxygen atoms in total. The summed E-state index contributed by atoms with van der Waals surface area (Å²) in [5, 5.41) is 0. The van der Waals surface area contributed by atoms with Crippen molar-refractivity contribution in [3.63, 3.8) is 0 Å². The zero-order valence-corrected chi connectivity index (χ0v) is 20.8. The standard InChI is InChI=1S/C26H18Br2N2O4/c27-11-1-5-13(6-2-11)29-23(31)19-15-9-10-16(20(19)24(29)32)18-17(15)21-22(18)26(34)30(25(21)33)14-7-3-12(28)4-8-14/h1-10,15-22H/t15-,16+,17-,18-,19+,20-,21-,22-/m1/s1. The van der Waals surface area contributed by atoms with Crippen LogP contribution in [0.2, 0.25) is 0 Å². The number of allylic oxidation sites excluding steroid dienone is 2. The van der Waals surface area contributed by atoms with Crippen LogP contribution in [-0.2, 0) is 19.2 Å². The van der Waals surface area contributed by atoms with Crippen molar-refractivity contribution in [2.45, 2.75) is 0 Å². The Morgan fingerprint density at radius 3 is 1.18 bits per heavy atom. The molecule has 0 N–H and O–H groups in total. The number of hydrogen-bond donors (Lipinski definition) is 0. The Balaban J connectivity index is 1.25. The van der Waals surface area contributed by atoms with E-state index >= 15 is 0 Å². The van der Waals surface area contributed by atoms with Crippen LogP contribution in [0.15, 0.2) is 69.6 Å². The SMILES string of the molecule is O=C1[C@@H]2[C@H]3C=C[C@@H]([C@@H]2C(=O)N1c1ccc(Br)cc1)[C@H]1[C@H]2C(=O)N(c4ccc(Br)cc4)C(=O)[C@@H]2[C@H]31. The van der Waals surface area contributed by atoms with E-state index in [-0.39, 0.29) is 47.3 Å². The van der Waals surface area contributed by atoms with Crippen LogP contribution in [0.4, 0.5) is 11.4 Å². The van der Waals surface area contributed by atoms with Crippen LogP contribution in [0, 0.1) is 47.3 Å². The van der Waals surface area contributed by atoms with Crippen molar-refractivity contribution in [1.29, 1.82) is 0 Å². The van der Waals surface area contributed by atoms with Crippen LogP contribution >= 0.6 is 31.9 Å². The minimum absolute atomic E-state index is 0.0835. The maximum Gasteiger partial charge on any atom is 0.238 e. The summed E-state index contributed by atoms with van der Waals surface area (Å²) < 4.78 is 1.74. The van der Waals surface area contributed by atoms with E-state index in [0.717, 1.165) is 8.95 Å². The highest BCUT2D eigenvalue weighted by Crippen LogP contribution is 2.68. The number of anilines is 2. The number of carbonyl (C=O) groups is 4. The number of nitrogens with zero attached hydrogens (tertiary/aromatic N) is 2. The van der Waals surface area contributed by atoms with Crippen molar-refractivity contribution < 1.29 is 19.2 Å². The fraction of sp³-hybridized carbons (Fsp3) is 0.308. The summed E-state index contributed by atoms with van der Waals surface area (Å²) in [6, 6.07) is 14.3. The molecule has 4 amide bonds. The third-order valence-corrected chi connectivity index (χ3v) is 9.57. The molecule has 0 unspecified atom stereocenters. The van der Waals surface area contributed by atoms with E-state index in [1.165, 1.54) is 9.80 Å². The number of halogens is 2. The molecular formula is C26H18Br2N2O4. The van der Waals surface area contributed by atoms with Gasteiger partial charge in [-0.2, -0.15) is 0 Å². The maximum atomic E-state index is 13.6. The molecular weight excluding hydrogens is 564 g/mol. The number of hydrogen-bond acceptors (Lipinski definition) is 4. The molecule has 4 aliphatic carbocycles. The van der Waals surface area contributed by atoms with Gasteiger partial charge in [0.2, 0.25) is 23.6 Å². The molecule has 8 heteroatoms. The first-order valence-electron chi connectivity index (χ1n) is 11.3. The van der Waals surface area contributed by atoms with Crippen molar-refractivity contribution in [2.75, 3.05) is 9.80 Å². The Hall–Kier alpha value is -2.58. The van der Waals surface area contributed by atoms with Gasteiger partial charge in [0.05, 0.1) is 35.0 Å². The Labute approximate surface area is 212 Å². The first-order valence-corrected chi connectivity index (χ1v) is 12.9. The molecule has 8 atom stereocenters. The number of fused-ring (bicyclic) bond motifs is 1. The van der Waals surface area contributed by atoms with Gasteiger partial charge in [0, 0.05) is 8.95 Å². The summed E-state index contributed by atoms with van der Waals surface area (Å²) in [6.45, 7) is 0. The molecule has 2 aromatic carbocycles. The van der Waals surface area contributed by atoms with Gasteiger partial charge in [-0.25, -0.2) is 0 Å². The Morgan fingerprint density at radius 2 is 0.824 bits per heavy atom. The van der Waals surface area contributed by atoms with Gasteiger partial charge >= 0.3 is 0 Å². The molecule has 8 rings (SSSR count). The van der Waals surface area contributed by atoms with Crippen molar-refractivity contribution in [3.8, 4) is 0 Å². The number of amides is 4. The molecule has 2 saturated carbocycles. The second-order valence-corrected chi connectivity index (χ2v) is 11.6. The molecule has 6 aliphatic rings. The van der Waals surface area contributed by atoms with Crippen LogP contribution in [-0.4, -0.2) is 23.6 Å². The molecule has 2 aromatic rings. The lowest BCUT2D eigenvalue weighted by molar-refractivity contribution is -0.166. The van der Waals surface area contributed by atoms with Crippen LogP contribution in [0.5, 0.6) is 0 Å². The number of benzene rings is 2. The first-order chi connectivity index (χ1) is 16.4. The summed E-state index contributed by atoms with van der Waals surface area (Å²) in [5.41, 5.74) is 1.13. The molecule has 4 fully saturated rings. The average Bonchev–Trinajstić information content (AvgIpc) is 3.19. The fourth-order valence-corrected chi connectivity index (χ4v) is 7.82. The van der Waals surface area contributed by atoms with E-state index in [4.69, 9.17) is 0 Å². The van der Waals surface area contributed by atoms with E-state index in [1.54, 1.807) is 24.3 Å². The highest BCUT2D eigenvalue weighted by Gasteiger charge is 2.75. The number of rotatable bonds is 2. The summed E-state index contributed by atoms with van der Waals surface area (Å²) in [7, 11) is 0. The molecule has 2 aliphatic heterocycles. The van der Waals surface area contributed by atoms with Gasteiger partial charge in [-0.05, 0) is 72.2 Å². The highest BCUT2D eigenvalue weighted by molar-refractivity contribution is 9.10. The van der Waals surface area contributed by atoms with Gasteiger partial charge in [0.15, 0.2) is 0 Å². The quantitative estimate of drug-likeness (QED) is 0.394. The van der Waals surface area contributed by atoms with Crippen molar-refractivity contribution in [1.82, 2.24) is 0 Å². The molecule has 2 saturated heterocycles. The van der Waals surface area contributed by atoms with E-state index in [1.807, 2.05) is 36.4 Å². The van der Waals surface area contributed by atoms with E-state index in [2.05, 4.69) is 31.9 Å². The van der Waals surface area contributed by atoms with Gasteiger partial charge in [-0.15, -0.1) is 0 Å². The van der Waals surface area contributed by atoms with Gasteiger partial charge in [0.25, 0.3) is 0 Å². The minimum atomic E-state index is -0.474. The van der Waals surface area contributed by atoms with E-state index in [0.29, 0.717) is 11.4 Å². The van der Waals surface area contributed by atoms with Crippen molar-refractivity contribution in [3.05, 3.63) is 69.6 Å². The van der Waals surface area contributed by atoms with Crippen molar-refractivity contribution in [2.24, 2.45) is 47.3 Å².